The Morgan fingerprint density at radius 2 is 1.93 bits per heavy atom. The van der Waals surface area contributed by atoms with Gasteiger partial charge >= 0.3 is 0 Å². The first-order valence-electron chi connectivity index (χ1n) is 5.18. The number of rotatable bonds is 1. The Hall–Kier alpha value is -1.31. The fourth-order valence-corrected chi connectivity index (χ4v) is 1.98. The summed E-state index contributed by atoms with van der Waals surface area (Å²) in [6, 6.07) is 10.5. The third kappa shape index (κ3) is 2.13. The van der Waals surface area contributed by atoms with E-state index in [9.17, 15) is 4.79 Å². The van der Waals surface area contributed by atoms with Crippen LogP contribution < -0.4 is 5.32 Å². The van der Waals surface area contributed by atoms with E-state index in [-0.39, 0.29) is 5.91 Å². The summed E-state index contributed by atoms with van der Waals surface area (Å²) in [5, 5.41) is 2.91. The Kier molecular flexibility index (Phi) is 2.82. The smallest absolute Gasteiger partial charge is 0.220 e. The van der Waals surface area contributed by atoms with Gasteiger partial charge < -0.3 is 5.32 Å². The van der Waals surface area contributed by atoms with Crippen molar-refractivity contribution in [1.29, 1.82) is 0 Å². The van der Waals surface area contributed by atoms with Crippen LogP contribution in [0.1, 0.15) is 30.7 Å². The number of benzene rings is 1. The maximum atomic E-state index is 11.1. The standard InChI is InChI=1S/C12H15NO/c14-12-7-6-11(8-9-13-12)10-4-2-1-3-5-10/h1-5,11H,6-9H2,(H,13,14)/t11-/m0/s1. The predicted octanol–water partition coefficient (Wildman–Crippen LogP) is 2.07. The van der Waals surface area contributed by atoms with Crippen molar-refractivity contribution in [3.63, 3.8) is 0 Å². The van der Waals surface area contributed by atoms with Crippen LogP contribution in [0.25, 0.3) is 0 Å². The van der Waals surface area contributed by atoms with Gasteiger partial charge in [0.05, 0.1) is 0 Å². The summed E-state index contributed by atoms with van der Waals surface area (Å²) < 4.78 is 0. The number of hydrogen-bond donors (Lipinski definition) is 1. The SMILES string of the molecule is O=C1CC[C@H](c2ccccc2)CCN1. The third-order valence-corrected chi connectivity index (χ3v) is 2.81. The van der Waals surface area contributed by atoms with E-state index in [1.807, 2.05) is 6.07 Å². The number of carbonyl (C=O) groups excluding carboxylic acids is 1. The van der Waals surface area contributed by atoms with Gasteiger partial charge in [0.2, 0.25) is 5.91 Å². The third-order valence-electron chi connectivity index (χ3n) is 2.81. The van der Waals surface area contributed by atoms with E-state index in [1.54, 1.807) is 0 Å². The minimum Gasteiger partial charge on any atom is -0.356 e. The molecule has 1 fully saturated rings. The lowest BCUT2D eigenvalue weighted by atomic mass is 9.92. The van der Waals surface area contributed by atoms with Gasteiger partial charge in [-0.25, -0.2) is 0 Å². The number of amides is 1. The normalized spacial score (nSPS) is 22.6. The molecule has 0 saturated carbocycles. The predicted molar refractivity (Wildman–Crippen MR) is 56.0 cm³/mol. The van der Waals surface area contributed by atoms with Gasteiger partial charge in [0, 0.05) is 13.0 Å². The van der Waals surface area contributed by atoms with E-state index in [0.29, 0.717) is 12.3 Å². The monoisotopic (exact) mass is 189 g/mol. The first-order chi connectivity index (χ1) is 6.86. The maximum Gasteiger partial charge on any atom is 0.220 e. The van der Waals surface area contributed by atoms with Crippen LogP contribution in [0, 0.1) is 0 Å². The van der Waals surface area contributed by atoms with Crippen LogP contribution in [-0.4, -0.2) is 12.5 Å². The lowest BCUT2D eigenvalue weighted by Gasteiger charge is -2.12. The van der Waals surface area contributed by atoms with Crippen molar-refractivity contribution >= 4 is 5.91 Å². The molecule has 1 atom stereocenters. The second kappa shape index (κ2) is 4.27. The molecule has 14 heavy (non-hydrogen) atoms. The molecule has 0 radical (unpaired) electrons. The van der Waals surface area contributed by atoms with E-state index in [2.05, 4.69) is 29.6 Å². The summed E-state index contributed by atoms with van der Waals surface area (Å²) in [6.45, 7) is 0.818. The van der Waals surface area contributed by atoms with E-state index >= 15 is 0 Å². The number of carbonyl (C=O) groups is 1. The molecule has 1 heterocycles. The molecule has 0 unspecified atom stereocenters. The van der Waals surface area contributed by atoms with Crippen LogP contribution in [0.15, 0.2) is 30.3 Å². The zero-order valence-electron chi connectivity index (χ0n) is 8.20. The Morgan fingerprint density at radius 3 is 2.71 bits per heavy atom. The van der Waals surface area contributed by atoms with Crippen LogP contribution in [0.3, 0.4) is 0 Å². The average Bonchev–Trinajstić information content (AvgIpc) is 2.44. The molecule has 1 aliphatic rings. The quantitative estimate of drug-likeness (QED) is 0.720. The van der Waals surface area contributed by atoms with Gasteiger partial charge in [-0.3, -0.25) is 4.79 Å². The largest absolute Gasteiger partial charge is 0.356 e. The first-order valence-corrected chi connectivity index (χ1v) is 5.18. The van der Waals surface area contributed by atoms with E-state index in [0.717, 1.165) is 19.4 Å². The second-order valence-corrected chi connectivity index (χ2v) is 3.78. The highest BCUT2D eigenvalue weighted by atomic mass is 16.1. The Bertz CT molecular complexity index is 307. The summed E-state index contributed by atoms with van der Waals surface area (Å²) in [7, 11) is 0. The molecule has 0 bridgehead atoms. The van der Waals surface area contributed by atoms with Crippen LogP contribution in [0.2, 0.25) is 0 Å². The van der Waals surface area contributed by atoms with Crippen molar-refractivity contribution in [3.05, 3.63) is 35.9 Å². The van der Waals surface area contributed by atoms with Gasteiger partial charge in [-0.05, 0) is 24.3 Å². The van der Waals surface area contributed by atoms with Crippen LogP contribution >= 0.6 is 0 Å². The van der Waals surface area contributed by atoms with Gasteiger partial charge in [0.15, 0.2) is 0 Å². The molecule has 1 saturated heterocycles. The minimum absolute atomic E-state index is 0.198. The highest BCUT2D eigenvalue weighted by Crippen LogP contribution is 2.25. The number of hydrogen-bond acceptors (Lipinski definition) is 1. The fraction of sp³-hybridized carbons (Fsp3) is 0.417. The molecule has 1 aliphatic heterocycles. The zero-order chi connectivity index (χ0) is 9.80. The summed E-state index contributed by atoms with van der Waals surface area (Å²) in [5.74, 6) is 0.749. The average molecular weight is 189 g/mol. The molecule has 0 aliphatic carbocycles. The number of nitrogens with one attached hydrogen (secondary N) is 1. The summed E-state index contributed by atoms with van der Waals surface area (Å²) >= 11 is 0. The van der Waals surface area contributed by atoms with Gasteiger partial charge in [-0.15, -0.1) is 0 Å². The molecule has 1 amide bonds. The first kappa shape index (κ1) is 9.25. The van der Waals surface area contributed by atoms with Gasteiger partial charge in [0.25, 0.3) is 0 Å². The molecule has 2 rings (SSSR count). The van der Waals surface area contributed by atoms with Crippen LogP contribution in [0.4, 0.5) is 0 Å². The van der Waals surface area contributed by atoms with E-state index in [1.165, 1.54) is 5.56 Å². The minimum atomic E-state index is 0.198. The summed E-state index contributed by atoms with van der Waals surface area (Å²) in [6.07, 6.45) is 2.71. The van der Waals surface area contributed by atoms with Crippen LogP contribution in [0.5, 0.6) is 0 Å². The van der Waals surface area contributed by atoms with Crippen molar-refractivity contribution in [2.75, 3.05) is 6.54 Å². The molecular formula is C12H15NO. The Balaban J connectivity index is 2.08. The van der Waals surface area contributed by atoms with Crippen molar-refractivity contribution < 1.29 is 4.79 Å². The maximum absolute atomic E-state index is 11.1. The zero-order valence-corrected chi connectivity index (χ0v) is 8.20. The summed E-state index contributed by atoms with van der Waals surface area (Å²) in [4.78, 5) is 11.1. The molecule has 0 aromatic heterocycles. The molecule has 2 nitrogen and oxygen atoms in total. The summed E-state index contributed by atoms with van der Waals surface area (Å²) in [5.41, 5.74) is 1.36. The molecule has 1 aromatic rings. The molecule has 1 aromatic carbocycles. The molecule has 74 valence electrons. The Labute approximate surface area is 84.3 Å². The lowest BCUT2D eigenvalue weighted by molar-refractivity contribution is -0.120. The van der Waals surface area contributed by atoms with Crippen molar-refractivity contribution in [2.45, 2.75) is 25.2 Å². The fourth-order valence-electron chi connectivity index (χ4n) is 1.98. The molecular weight excluding hydrogens is 174 g/mol. The topological polar surface area (TPSA) is 29.1 Å². The van der Waals surface area contributed by atoms with Gasteiger partial charge in [0.1, 0.15) is 0 Å². The molecule has 1 N–H and O–H groups in total. The van der Waals surface area contributed by atoms with Crippen molar-refractivity contribution in [1.82, 2.24) is 5.32 Å². The van der Waals surface area contributed by atoms with Crippen LogP contribution in [-0.2, 0) is 4.79 Å². The molecule has 0 spiro atoms. The van der Waals surface area contributed by atoms with Gasteiger partial charge in [-0.1, -0.05) is 30.3 Å². The van der Waals surface area contributed by atoms with Gasteiger partial charge in [-0.2, -0.15) is 0 Å². The van der Waals surface area contributed by atoms with E-state index in [4.69, 9.17) is 0 Å². The second-order valence-electron chi connectivity index (χ2n) is 3.78. The molecule has 2 heteroatoms. The highest BCUT2D eigenvalue weighted by molar-refractivity contribution is 5.76. The lowest BCUT2D eigenvalue weighted by Crippen LogP contribution is -2.21. The van der Waals surface area contributed by atoms with E-state index < -0.39 is 0 Å². The van der Waals surface area contributed by atoms with Crippen molar-refractivity contribution in [3.8, 4) is 0 Å². The Morgan fingerprint density at radius 1 is 1.14 bits per heavy atom. The highest BCUT2D eigenvalue weighted by Gasteiger charge is 2.16. The van der Waals surface area contributed by atoms with Crippen molar-refractivity contribution in [2.24, 2.45) is 0 Å².